The fraction of sp³-hybridized carbons (Fsp3) is 0.556. The van der Waals surface area contributed by atoms with Gasteiger partial charge in [-0.3, -0.25) is 14.5 Å². The van der Waals surface area contributed by atoms with Crippen molar-refractivity contribution in [1.29, 1.82) is 0 Å². The average Bonchev–Trinajstić information content (AvgIpc) is 2.97. The van der Waals surface area contributed by atoms with Crippen LogP contribution in [0.1, 0.15) is 22.3 Å². The zero-order chi connectivity index (χ0) is 16.9. The molecule has 2 amide bonds. The number of hydrogen-bond donors (Lipinski definition) is 1. The van der Waals surface area contributed by atoms with Gasteiger partial charge in [0.15, 0.2) is 0 Å². The summed E-state index contributed by atoms with van der Waals surface area (Å²) in [5.41, 5.74) is 1.65. The third-order valence-corrected chi connectivity index (χ3v) is 4.81. The number of carbonyl (C=O) groups is 2. The number of ether oxygens (including phenoxy) is 1. The number of nitrogens with zero attached hydrogens (tertiary/aromatic N) is 2. The van der Waals surface area contributed by atoms with Gasteiger partial charge in [-0.05, 0) is 25.0 Å². The van der Waals surface area contributed by atoms with Crippen LogP contribution in [0.3, 0.4) is 0 Å². The quantitative estimate of drug-likeness (QED) is 0.861. The van der Waals surface area contributed by atoms with Gasteiger partial charge in [0, 0.05) is 38.3 Å². The molecule has 130 valence electrons. The standard InChI is InChI=1S/C18H25N3O3/c1-14-4-2-3-5-15(14)17(22)19-7-9-21-8-6-16(18(21)23)20-10-12-24-13-11-20/h2-5,16H,6-13H2,1H3,(H,19,22). The molecule has 0 bridgehead atoms. The number of hydrogen-bond acceptors (Lipinski definition) is 4. The van der Waals surface area contributed by atoms with Gasteiger partial charge in [-0.2, -0.15) is 0 Å². The highest BCUT2D eigenvalue weighted by Crippen LogP contribution is 2.18. The molecule has 2 aliphatic rings. The molecule has 0 aliphatic carbocycles. The molecule has 1 aromatic carbocycles. The largest absolute Gasteiger partial charge is 0.379 e. The highest BCUT2D eigenvalue weighted by atomic mass is 16.5. The minimum absolute atomic E-state index is 0.0130. The second kappa shape index (κ2) is 7.77. The number of rotatable bonds is 5. The summed E-state index contributed by atoms with van der Waals surface area (Å²) >= 11 is 0. The van der Waals surface area contributed by atoms with Gasteiger partial charge in [-0.15, -0.1) is 0 Å². The smallest absolute Gasteiger partial charge is 0.251 e. The Morgan fingerprint density at radius 3 is 2.75 bits per heavy atom. The Hall–Kier alpha value is -1.92. The lowest BCUT2D eigenvalue weighted by molar-refractivity contribution is -0.133. The van der Waals surface area contributed by atoms with E-state index in [0.29, 0.717) is 31.9 Å². The van der Waals surface area contributed by atoms with E-state index < -0.39 is 0 Å². The number of aryl methyl sites for hydroxylation is 1. The minimum Gasteiger partial charge on any atom is -0.379 e. The molecule has 0 spiro atoms. The van der Waals surface area contributed by atoms with Gasteiger partial charge >= 0.3 is 0 Å². The maximum atomic E-state index is 12.5. The molecule has 1 unspecified atom stereocenters. The first kappa shape index (κ1) is 16.9. The van der Waals surface area contributed by atoms with E-state index in [2.05, 4.69) is 10.2 Å². The highest BCUT2D eigenvalue weighted by molar-refractivity contribution is 5.95. The van der Waals surface area contributed by atoms with Crippen LogP contribution in [0.4, 0.5) is 0 Å². The van der Waals surface area contributed by atoms with Crippen molar-refractivity contribution in [3.63, 3.8) is 0 Å². The summed E-state index contributed by atoms with van der Waals surface area (Å²) in [6.07, 6.45) is 0.866. The summed E-state index contributed by atoms with van der Waals surface area (Å²) in [6, 6.07) is 7.51. The van der Waals surface area contributed by atoms with Crippen LogP contribution in [0.25, 0.3) is 0 Å². The van der Waals surface area contributed by atoms with Crippen LogP contribution in [-0.2, 0) is 9.53 Å². The van der Waals surface area contributed by atoms with E-state index in [1.807, 2.05) is 36.1 Å². The zero-order valence-electron chi connectivity index (χ0n) is 14.2. The number of carbonyl (C=O) groups excluding carboxylic acids is 2. The van der Waals surface area contributed by atoms with Gasteiger partial charge in [0.2, 0.25) is 5.91 Å². The van der Waals surface area contributed by atoms with Crippen LogP contribution >= 0.6 is 0 Å². The maximum Gasteiger partial charge on any atom is 0.251 e. The van der Waals surface area contributed by atoms with Crippen molar-refractivity contribution >= 4 is 11.8 Å². The molecule has 0 radical (unpaired) electrons. The summed E-state index contributed by atoms with van der Waals surface area (Å²) < 4.78 is 5.35. The van der Waals surface area contributed by atoms with E-state index in [0.717, 1.165) is 31.6 Å². The Balaban J connectivity index is 1.46. The fourth-order valence-corrected chi connectivity index (χ4v) is 3.40. The predicted molar refractivity (Wildman–Crippen MR) is 90.9 cm³/mol. The summed E-state index contributed by atoms with van der Waals surface area (Å²) in [7, 11) is 0. The fourth-order valence-electron chi connectivity index (χ4n) is 3.40. The Morgan fingerprint density at radius 1 is 1.25 bits per heavy atom. The van der Waals surface area contributed by atoms with E-state index in [4.69, 9.17) is 4.74 Å². The molecule has 6 heteroatoms. The lowest BCUT2D eigenvalue weighted by Crippen LogP contribution is -2.48. The molecule has 1 aromatic rings. The van der Waals surface area contributed by atoms with Crippen molar-refractivity contribution in [1.82, 2.24) is 15.1 Å². The molecule has 3 rings (SSSR count). The SMILES string of the molecule is Cc1ccccc1C(=O)NCCN1CCC(N2CCOCC2)C1=O. The van der Waals surface area contributed by atoms with Crippen molar-refractivity contribution in [3.05, 3.63) is 35.4 Å². The van der Waals surface area contributed by atoms with Crippen molar-refractivity contribution in [2.75, 3.05) is 45.9 Å². The summed E-state index contributed by atoms with van der Waals surface area (Å²) in [5.74, 6) is 0.103. The molecule has 2 fully saturated rings. The van der Waals surface area contributed by atoms with Gasteiger partial charge in [0.05, 0.1) is 19.3 Å². The molecule has 2 heterocycles. The van der Waals surface area contributed by atoms with Crippen LogP contribution in [0, 0.1) is 6.92 Å². The first-order chi connectivity index (χ1) is 11.7. The van der Waals surface area contributed by atoms with Crippen LogP contribution in [0.2, 0.25) is 0 Å². The number of nitrogens with one attached hydrogen (secondary N) is 1. The Morgan fingerprint density at radius 2 is 2.00 bits per heavy atom. The monoisotopic (exact) mass is 331 g/mol. The lowest BCUT2D eigenvalue weighted by Gasteiger charge is -2.31. The average molecular weight is 331 g/mol. The Labute approximate surface area is 142 Å². The number of benzene rings is 1. The van der Waals surface area contributed by atoms with Crippen LogP contribution in [-0.4, -0.2) is 73.6 Å². The van der Waals surface area contributed by atoms with Gasteiger partial charge in [0.25, 0.3) is 5.91 Å². The van der Waals surface area contributed by atoms with E-state index in [1.165, 1.54) is 0 Å². The third kappa shape index (κ3) is 3.76. The van der Waals surface area contributed by atoms with E-state index in [-0.39, 0.29) is 17.9 Å². The lowest BCUT2D eigenvalue weighted by atomic mass is 10.1. The first-order valence-corrected chi connectivity index (χ1v) is 8.61. The Bertz CT molecular complexity index is 599. The molecule has 1 N–H and O–H groups in total. The molecular formula is C18H25N3O3. The number of amides is 2. The van der Waals surface area contributed by atoms with Gasteiger partial charge in [-0.1, -0.05) is 18.2 Å². The topological polar surface area (TPSA) is 61.9 Å². The summed E-state index contributed by atoms with van der Waals surface area (Å²) in [6.45, 7) is 6.80. The molecule has 2 aliphatic heterocycles. The van der Waals surface area contributed by atoms with Crippen molar-refractivity contribution < 1.29 is 14.3 Å². The van der Waals surface area contributed by atoms with Gasteiger partial charge in [-0.25, -0.2) is 0 Å². The molecule has 0 aromatic heterocycles. The van der Waals surface area contributed by atoms with E-state index >= 15 is 0 Å². The molecule has 1 atom stereocenters. The predicted octanol–water partition coefficient (Wildman–Crippen LogP) is 0.658. The van der Waals surface area contributed by atoms with Gasteiger partial charge < -0.3 is 15.0 Å². The molecule has 6 nitrogen and oxygen atoms in total. The third-order valence-electron chi connectivity index (χ3n) is 4.81. The molecule has 0 saturated carbocycles. The van der Waals surface area contributed by atoms with Crippen LogP contribution < -0.4 is 5.32 Å². The van der Waals surface area contributed by atoms with E-state index in [1.54, 1.807) is 0 Å². The van der Waals surface area contributed by atoms with Crippen LogP contribution in [0.15, 0.2) is 24.3 Å². The Kier molecular flexibility index (Phi) is 5.48. The highest BCUT2D eigenvalue weighted by Gasteiger charge is 2.36. The minimum atomic E-state index is -0.0792. The number of likely N-dealkylation sites (tertiary alicyclic amines) is 1. The van der Waals surface area contributed by atoms with Crippen LogP contribution in [0.5, 0.6) is 0 Å². The molecular weight excluding hydrogens is 306 g/mol. The van der Waals surface area contributed by atoms with Crippen molar-refractivity contribution in [2.45, 2.75) is 19.4 Å². The second-order valence-corrected chi connectivity index (χ2v) is 6.35. The second-order valence-electron chi connectivity index (χ2n) is 6.35. The number of morpholine rings is 1. The van der Waals surface area contributed by atoms with E-state index in [9.17, 15) is 9.59 Å². The summed E-state index contributed by atoms with van der Waals surface area (Å²) in [5, 5.41) is 2.92. The maximum absolute atomic E-state index is 12.5. The summed E-state index contributed by atoms with van der Waals surface area (Å²) in [4.78, 5) is 28.8. The zero-order valence-corrected chi connectivity index (χ0v) is 14.2. The van der Waals surface area contributed by atoms with Crippen molar-refractivity contribution in [3.8, 4) is 0 Å². The molecule has 24 heavy (non-hydrogen) atoms. The van der Waals surface area contributed by atoms with Gasteiger partial charge in [0.1, 0.15) is 0 Å². The normalized spacial score (nSPS) is 22.0. The molecule has 2 saturated heterocycles. The first-order valence-electron chi connectivity index (χ1n) is 8.61. The van der Waals surface area contributed by atoms with Crippen molar-refractivity contribution in [2.24, 2.45) is 0 Å².